The lowest BCUT2D eigenvalue weighted by Crippen LogP contribution is -2.00. The summed E-state index contributed by atoms with van der Waals surface area (Å²) in [6.07, 6.45) is 0. The van der Waals surface area contributed by atoms with Gasteiger partial charge >= 0.3 is 0 Å². The van der Waals surface area contributed by atoms with Gasteiger partial charge in [-0.05, 0) is 12.1 Å². The topological polar surface area (TPSA) is 48.9 Å². The van der Waals surface area contributed by atoms with Crippen molar-refractivity contribution in [1.82, 2.24) is 4.98 Å². The van der Waals surface area contributed by atoms with Gasteiger partial charge in [0.1, 0.15) is 5.69 Å². The zero-order chi connectivity index (χ0) is 9.26. The third-order valence-corrected chi connectivity index (χ3v) is 1.98. The van der Waals surface area contributed by atoms with Gasteiger partial charge in [-0.15, -0.1) is 12.4 Å². The number of aromatic nitrogens is 1. The van der Waals surface area contributed by atoms with Crippen LogP contribution in [0.2, 0.25) is 0 Å². The van der Waals surface area contributed by atoms with Crippen LogP contribution in [0.5, 0.6) is 0 Å². The fraction of sp³-hybridized carbons (Fsp3) is 0.100. The first kappa shape index (κ1) is 10.6. The lowest BCUT2D eigenvalue weighted by atomic mass is 10.2. The van der Waals surface area contributed by atoms with Crippen molar-refractivity contribution in [1.29, 1.82) is 5.41 Å². The Kier molecular flexibility index (Phi) is 3.14. The molecular formula is C10H11ClN2O. The van der Waals surface area contributed by atoms with E-state index in [0.717, 1.165) is 10.9 Å². The predicted molar refractivity (Wildman–Crippen MR) is 59.4 cm³/mol. The van der Waals surface area contributed by atoms with Crippen molar-refractivity contribution in [2.45, 2.75) is 0 Å². The molecule has 0 saturated carbocycles. The Bertz CT molecular complexity index is 417. The number of fused-ring (bicyclic) bond motifs is 1. The molecule has 1 heterocycles. The van der Waals surface area contributed by atoms with Crippen LogP contribution in [0, 0.1) is 5.41 Å². The third kappa shape index (κ3) is 1.72. The highest BCUT2D eigenvalue weighted by Gasteiger charge is 2.04. The van der Waals surface area contributed by atoms with Gasteiger partial charge in [0.05, 0.1) is 7.11 Å². The lowest BCUT2D eigenvalue weighted by molar-refractivity contribution is 0.400. The molecule has 0 fully saturated rings. The number of nitrogens with one attached hydrogen (secondary N) is 2. The summed E-state index contributed by atoms with van der Waals surface area (Å²) in [6, 6.07) is 9.80. The van der Waals surface area contributed by atoms with Crippen molar-refractivity contribution >= 4 is 29.2 Å². The highest BCUT2D eigenvalue weighted by atomic mass is 35.5. The molecule has 0 saturated heterocycles. The largest absolute Gasteiger partial charge is 0.480 e. The minimum Gasteiger partial charge on any atom is -0.480 e. The molecule has 0 spiro atoms. The van der Waals surface area contributed by atoms with E-state index in [4.69, 9.17) is 10.1 Å². The van der Waals surface area contributed by atoms with E-state index < -0.39 is 0 Å². The second-order valence-electron chi connectivity index (χ2n) is 2.80. The van der Waals surface area contributed by atoms with E-state index in [-0.39, 0.29) is 18.3 Å². The molecular weight excluding hydrogens is 200 g/mol. The summed E-state index contributed by atoms with van der Waals surface area (Å²) in [4.78, 5) is 3.10. The van der Waals surface area contributed by atoms with Crippen LogP contribution in [0.4, 0.5) is 0 Å². The van der Waals surface area contributed by atoms with E-state index in [1.54, 1.807) is 0 Å². The minimum absolute atomic E-state index is 0. The van der Waals surface area contributed by atoms with Crippen LogP contribution in [-0.4, -0.2) is 18.0 Å². The van der Waals surface area contributed by atoms with Crippen molar-refractivity contribution in [2.24, 2.45) is 0 Å². The Balaban J connectivity index is 0.000000980. The average Bonchev–Trinajstić information content (AvgIpc) is 2.59. The summed E-state index contributed by atoms with van der Waals surface area (Å²) in [5.74, 6) is 0.163. The van der Waals surface area contributed by atoms with Gasteiger partial charge in [0.25, 0.3) is 0 Å². The normalized spacial score (nSPS) is 9.50. The molecule has 2 aromatic rings. The highest BCUT2D eigenvalue weighted by molar-refractivity contribution is 5.96. The highest BCUT2D eigenvalue weighted by Crippen LogP contribution is 2.14. The lowest BCUT2D eigenvalue weighted by Gasteiger charge is -1.96. The molecule has 14 heavy (non-hydrogen) atoms. The average molecular weight is 211 g/mol. The molecule has 1 aromatic heterocycles. The fourth-order valence-corrected chi connectivity index (χ4v) is 1.31. The molecule has 0 bridgehead atoms. The smallest absolute Gasteiger partial charge is 0.229 e. The van der Waals surface area contributed by atoms with Gasteiger partial charge in [0.15, 0.2) is 0 Å². The van der Waals surface area contributed by atoms with E-state index in [1.807, 2.05) is 30.3 Å². The van der Waals surface area contributed by atoms with Crippen molar-refractivity contribution in [3.8, 4) is 0 Å². The van der Waals surface area contributed by atoms with E-state index in [9.17, 15) is 0 Å². The van der Waals surface area contributed by atoms with Crippen LogP contribution in [-0.2, 0) is 4.74 Å². The molecule has 0 atom stereocenters. The summed E-state index contributed by atoms with van der Waals surface area (Å²) >= 11 is 0. The van der Waals surface area contributed by atoms with Gasteiger partial charge in [0.2, 0.25) is 5.90 Å². The number of hydrogen-bond donors (Lipinski definition) is 2. The van der Waals surface area contributed by atoms with E-state index in [2.05, 4.69) is 4.98 Å². The van der Waals surface area contributed by atoms with Gasteiger partial charge in [-0.1, -0.05) is 18.2 Å². The van der Waals surface area contributed by atoms with E-state index >= 15 is 0 Å². The maximum Gasteiger partial charge on any atom is 0.229 e. The summed E-state index contributed by atoms with van der Waals surface area (Å²) in [5, 5.41) is 8.55. The monoisotopic (exact) mass is 210 g/mol. The van der Waals surface area contributed by atoms with Crippen molar-refractivity contribution in [2.75, 3.05) is 7.11 Å². The number of methoxy groups -OCH3 is 1. The second kappa shape index (κ2) is 4.15. The molecule has 4 heteroatoms. The molecule has 0 aliphatic heterocycles. The summed E-state index contributed by atoms with van der Waals surface area (Å²) in [7, 11) is 1.49. The minimum atomic E-state index is 0. The Morgan fingerprint density at radius 2 is 2.07 bits per heavy atom. The molecule has 2 N–H and O–H groups in total. The Labute approximate surface area is 88.0 Å². The van der Waals surface area contributed by atoms with Gasteiger partial charge in [-0.25, -0.2) is 0 Å². The molecule has 74 valence electrons. The maximum absolute atomic E-state index is 7.46. The molecule has 0 radical (unpaired) electrons. The number of hydrogen-bond acceptors (Lipinski definition) is 2. The van der Waals surface area contributed by atoms with Crippen LogP contribution < -0.4 is 0 Å². The summed E-state index contributed by atoms with van der Waals surface area (Å²) in [6.45, 7) is 0. The number of H-pyrrole nitrogens is 1. The van der Waals surface area contributed by atoms with Crippen LogP contribution in [0.3, 0.4) is 0 Å². The van der Waals surface area contributed by atoms with Crippen LogP contribution >= 0.6 is 12.4 Å². The molecule has 0 aliphatic rings. The van der Waals surface area contributed by atoms with Gasteiger partial charge in [-0.2, -0.15) is 0 Å². The Hall–Kier alpha value is -1.48. The second-order valence-corrected chi connectivity index (χ2v) is 2.80. The van der Waals surface area contributed by atoms with Crippen LogP contribution in [0.1, 0.15) is 5.69 Å². The number of para-hydroxylation sites is 1. The van der Waals surface area contributed by atoms with Gasteiger partial charge in [-0.3, -0.25) is 5.41 Å². The first-order valence-corrected chi connectivity index (χ1v) is 4.02. The van der Waals surface area contributed by atoms with Crippen molar-refractivity contribution in [3.63, 3.8) is 0 Å². The molecule has 0 aliphatic carbocycles. The van der Waals surface area contributed by atoms with E-state index in [1.165, 1.54) is 7.11 Å². The number of aromatic amines is 1. The molecule has 0 unspecified atom stereocenters. The zero-order valence-electron chi connectivity index (χ0n) is 7.70. The Morgan fingerprint density at radius 3 is 2.71 bits per heavy atom. The molecule has 0 amide bonds. The summed E-state index contributed by atoms with van der Waals surface area (Å²) in [5.41, 5.74) is 1.74. The number of rotatable bonds is 1. The third-order valence-electron chi connectivity index (χ3n) is 1.98. The van der Waals surface area contributed by atoms with E-state index in [0.29, 0.717) is 5.69 Å². The zero-order valence-corrected chi connectivity index (χ0v) is 8.52. The number of benzene rings is 1. The quantitative estimate of drug-likeness (QED) is 0.552. The van der Waals surface area contributed by atoms with Crippen LogP contribution in [0.25, 0.3) is 10.9 Å². The summed E-state index contributed by atoms with van der Waals surface area (Å²) < 4.78 is 4.82. The number of ether oxygens (including phenoxy) is 1. The van der Waals surface area contributed by atoms with Gasteiger partial charge in [0, 0.05) is 10.9 Å². The number of halogens is 1. The van der Waals surface area contributed by atoms with Crippen molar-refractivity contribution < 1.29 is 4.74 Å². The standard InChI is InChI=1S/C10H10N2O.ClH/c1-13-10(11)9-6-7-4-2-3-5-8(7)12-9;/h2-6,11-12H,1H3;1H. The SMILES string of the molecule is COC(=N)c1cc2ccccc2[nH]1.Cl. The fourth-order valence-electron chi connectivity index (χ4n) is 1.31. The maximum atomic E-state index is 7.46. The predicted octanol–water partition coefficient (Wildman–Crippen LogP) is 2.56. The van der Waals surface area contributed by atoms with Crippen molar-refractivity contribution in [3.05, 3.63) is 36.0 Å². The Morgan fingerprint density at radius 1 is 1.36 bits per heavy atom. The van der Waals surface area contributed by atoms with Crippen LogP contribution in [0.15, 0.2) is 30.3 Å². The first-order chi connectivity index (χ1) is 6.31. The molecule has 2 rings (SSSR count). The van der Waals surface area contributed by atoms with Gasteiger partial charge < -0.3 is 9.72 Å². The molecule has 3 nitrogen and oxygen atoms in total. The first-order valence-electron chi connectivity index (χ1n) is 4.02. The molecule has 1 aromatic carbocycles.